The fourth-order valence-electron chi connectivity index (χ4n) is 3.79. The predicted octanol–water partition coefficient (Wildman–Crippen LogP) is 1.71. The highest BCUT2D eigenvalue weighted by molar-refractivity contribution is 7.99. The van der Waals surface area contributed by atoms with Crippen LogP contribution in [0.25, 0.3) is 0 Å². The predicted molar refractivity (Wildman–Crippen MR) is 95.8 cm³/mol. The molecule has 7 heteroatoms. The van der Waals surface area contributed by atoms with E-state index in [9.17, 15) is 9.59 Å². The van der Waals surface area contributed by atoms with Crippen LogP contribution in [0.2, 0.25) is 0 Å². The van der Waals surface area contributed by atoms with Gasteiger partial charge in [-0.05, 0) is 25.8 Å². The molecule has 0 saturated carbocycles. The zero-order valence-corrected chi connectivity index (χ0v) is 15.8. The normalized spacial score (nSPS) is 30.8. The minimum Gasteiger partial charge on any atom is -0.334 e. The van der Waals surface area contributed by atoms with Crippen LogP contribution in [0.4, 0.5) is 0 Å². The molecule has 2 amide bonds. The summed E-state index contributed by atoms with van der Waals surface area (Å²) < 4.78 is 0. The fourth-order valence-corrected chi connectivity index (χ4v) is 4.94. The minimum atomic E-state index is -0.428. The number of nitrogens with one attached hydrogen (secondary N) is 1. The molecule has 0 aromatic rings. The molecule has 0 aromatic heterocycles. The van der Waals surface area contributed by atoms with Crippen LogP contribution in [-0.4, -0.2) is 64.5 Å². The SMILES string of the molecule is CC(C)(C)C(=O)N1CSCC1C(=O)N1C2CCNCC1CC2.Cl. The average Bonchev–Trinajstić information content (AvgIpc) is 2.99. The number of rotatable bonds is 1. The van der Waals surface area contributed by atoms with E-state index in [4.69, 9.17) is 0 Å². The smallest absolute Gasteiger partial charge is 0.246 e. The summed E-state index contributed by atoms with van der Waals surface area (Å²) in [4.78, 5) is 29.7. The van der Waals surface area contributed by atoms with Crippen molar-refractivity contribution in [1.82, 2.24) is 15.1 Å². The van der Waals surface area contributed by atoms with Crippen LogP contribution in [0.5, 0.6) is 0 Å². The molecule has 23 heavy (non-hydrogen) atoms. The van der Waals surface area contributed by atoms with Crippen LogP contribution in [-0.2, 0) is 9.59 Å². The van der Waals surface area contributed by atoms with Gasteiger partial charge in [-0.3, -0.25) is 9.59 Å². The lowest BCUT2D eigenvalue weighted by Gasteiger charge is -2.35. The standard InChI is InChI=1S/C16H27N3O2S.ClH/c1-16(2,3)15(21)18-10-22-9-13(18)14(20)19-11-4-5-12(19)8-17-7-6-11;/h11-13,17H,4-10H2,1-3H3;1H. The average molecular weight is 362 g/mol. The molecule has 3 saturated heterocycles. The Hall–Kier alpha value is -0.460. The summed E-state index contributed by atoms with van der Waals surface area (Å²) >= 11 is 1.70. The van der Waals surface area contributed by atoms with E-state index >= 15 is 0 Å². The highest BCUT2D eigenvalue weighted by Crippen LogP contribution is 2.33. The van der Waals surface area contributed by atoms with Crippen LogP contribution >= 0.6 is 24.2 Å². The van der Waals surface area contributed by atoms with Gasteiger partial charge in [0.15, 0.2) is 0 Å². The van der Waals surface area contributed by atoms with Crippen molar-refractivity contribution in [3.8, 4) is 0 Å². The van der Waals surface area contributed by atoms with E-state index in [0.717, 1.165) is 38.1 Å². The molecule has 1 N–H and O–H groups in total. The van der Waals surface area contributed by atoms with Crippen LogP contribution in [0.3, 0.4) is 0 Å². The van der Waals surface area contributed by atoms with Gasteiger partial charge >= 0.3 is 0 Å². The van der Waals surface area contributed by atoms with Gasteiger partial charge in [-0.1, -0.05) is 20.8 Å². The number of hydrogen-bond donors (Lipinski definition) is 1. The van der Waals surface area contributed by atoms with E-state index in [1.807, 2.05) is 25.7 Å². The molecule has 3 atom stereocenters. The number of hydrogen-bond acceptors (Lipinski definition) is 4. The van der Waals surface area contributed by atoms with E-state index in [-0.39, 0.29) is 30.3 Å². The molecular formula is C16H28ClN3O2S. The Kier molecular flexibility index (Phi) is 5.90. The van der Waals surface area contributed by atoms with Crippen LogP contribution in [0.1, 0.15) is 40.0 Å². The molecule has 2 bridgehead atoms. The first-order valence-electron chi connectivity index (χ1n) is 8.31. The number of thioether (sulfide) groups is 1. The van der Waals surface area contributed by atoms with Crippen molar-refractivity contribution in [2.24, 2.45) is 5.41 Å². The molecule has 3 aliphatic heterocycles. The Morgan fingerprint density at radius 3 is 2.52 bits per heavy atom. The first kappa shape index (κ1) is 18.9. The summed E-state index contributed by atoms with van der Waals surface area (Å²) in [5.74, 6) is 1.66. The maximum absolute atomic E-state index is 13.1. The summed E-state index contributed by atoms with van der Waals surface area (Å²) in [5.41, 5.74) is -0.428. The number of fused-ring (bicyclic) bond motifs is 2. The summed E-state index contributed by atoms with van der Waals surface area (Å²) in [7, 11) is 0. The topological polar surface area (TPSA) is 52.7 Å². The van der Waals surface area contributed by atoms with Gasteiger partial charge in [0.05, 0.1) is 5.88 Å². The van der Waals surface area contributed by atoms with Gasteiger partial charge in [0.25, 0.3) is 0 Å². The Morgan fingerprint density at radius 1 is 1.13 bits per heavy atom. The second-order valence-electron chi connectivity index (χ2n) is 7.66. The van der Waals surface area contributed by atoms with Crippen molar-refractivity contribution < 1.29 is 9.59 Å². The van der Waals surface area contributed by atoms with Gasteiger partial charge in [0.1, 0.15) is 6.04 Å². The highest BCUT2D eigenvalue weighted by Gasteiger charge is 2.45. The monoisotopic (exact) mass is 361 g/mol. The van der Waals surface area contributed by atoms with Gasteiger partial charge in [-0.15, -0.1) is 24.2 Å². The molecule has 3 heterocycles. The zero-order chi connectivity index (χ0) is 15.9. The van der Waals surface area contributed by atoms with E-state index in [1.54, 1.807) is 11.8 Å². The Bertz CT molecular complexity index is 455. The largest absolute Gasteiger partial charge is 0.334 e. The summed E-state index contributed by atoms with van der Waals surface area (Å²) in [6.45, 7) is 7.68. The number of amides is 2. The second-order valence-corrected chi connectivity index (χ2v) is 8.66. The lowest BCUT2D eigenvalue weighted by molar-refractivity contribution is -0.149. The number of carbonyl (C=O) groups is 2. The second kappa shape index (κ2) is 7.19. The van der Waals surface area contributed by atoms with Gasteiger partial charge < -0.3 is 15.1 Å². The van der Waals surface area contributed by atoms with Crippen LogP contribution < -0.4 is 5.32 Å². The van der Waals surface area contributed by atoms with Crippen molar-refractivity contribution in [1.29, 1.82) is 0 Å². The van der Waals surface area contributed by atoms with E-state index in [2.05, 4.69) is 10.2 Å². The molecule has 5 nitrogen and oxygen atoms in total. The van der Waals surface area contributed by atoms with Crippen molar-refractivity contribution in [2.45, 2.75) is 58.2 Å². The van der Waals surface area contributed by atoms with Gasteiger partial charge in [0.2, 0.25) is 11.8 Å². The Morgan fingerprint density at radius 2 is 1.83 bits per heavy atom. The third-order valence-electron chi connectivity index (χ3n) is 4.98. The molecule has 0 aromatic carbocycles. The quantitative estimate of drug-likeness (QED) is 0.772. The van der Waals surface area contributed by atoms with Crippen molar-refractivity contribution in [3.05, 3.63) is 0 Å². The summed E-state index contributed by atoms with van der Waals surface area (Å²) in [5, 5.41) is 3.43. The Balaban J connectivity index is 0.00000192. The number of halogens is 1. The molecule has 3 aliphatic rings. The number of nitrogens with zero attached hydrogens (tertiary/aromatic N) is 2. The fraction of sp³-hybridized carbons (Fsp3) is 0.875. The molecule has 132 valence electrons. The van der Waals surface area contributed by atoms with Gasteiger partial charge in [-0.2, -0.15) is 0 Å². The molecule has 0 spiro atoms. The zero-order valence-electron chi connectivity index (χ0n) is 14.2. The van der Waals surface area contributed by atoms with Crippen molar-refractivity contribution in [3.63, 3.8) is 0 Å². The lowest BCUT2D eigenvalue weighted by Crippen LogP contribution is -2.54. The van der Waals surface area contributed by atoms with Crippen molar-refractivity contribution in [2.75, 3.05) is 24.7 Å². The minimum absolute atomic E-state index is 0. The molecule has 3 unspecified atom stereocenters. The van der Waals surface area contributed by atoms with Crippen LogP contribution in [0, 0.1) is 5.41 Å². The third-order valence-corrected chi connectivity index (χ3v) is 5.99. The summed E-state index contributed by atoms with van der Waals surface area (Å²) in [6, 6.07) is 0.416. The lowest BCUT2D eigenvalue weighted by atomic mass is 9.94. The number of carbonyl (C=O) groups excluding carboxylic acids is 2. The van der Waals surface area contributed by atoms with E-state index in [1.165, 1.54) is 0 Å². The molecule has 0 radical (unpaired) electrons. The van der Waals surface area contributed by atoms with Gasteiger partial charge in [-0.25, -0.2) is 0 Å². The third kappa shape index (κ3) is 3.64. The summed E-state index contributed by atoms with van der Waals surface area (Å²) in [6.07, 6.45) is 3.25. The maximum atomic E-state index is 13.1. The molecule has 3 fully saturated rings. The first-order chi connectivity index (χ1) is 10.4. The van der Waals surface area contributed by atoms with E-state index < -0.39 is 5.41 Å². The highest BCUT2D eigenvalue weighted by atomic mass is 35.5. The van der Waals surface area contributed by atoms with Gasteiger partial charge in [0, 0.05) is 29.8 Å². The first-order valence-corrected chi connectivity index (χ1v) is 9.47. The van der Waals surface area contributed by atoms with Crippen molar-refractivity contribution >= 4 is 36.0 Å². The molecule has 0 aliphatic carbocycles. The molecule has 3 rings (SSSR count). The van der Waals surface area contributed by atoms with Crippen LogP contribution in [0.15, 0.2) is 0 Å². The maximum Gasteiger partial charge on any atom is 0.246 e. The Labute approximate surface area is 149 Å². The van der Waals surface area contributed by atoms with E-state index in [0.29, 0.717) is 18.0 Å². The molecular weight excluding hydrogens is 334 g/mol.